The summed E-state index contributed by atoms with van der Waals surface area (Å²) in [5.41, 5.74) is 4.39. The molecule has 168 valence electrons. The number of carbonyl (C=O) groups excluding carboxylic acids is 3. The average molecular weight is 453 g/mol. The molecule has 1 aliphatic heterocycles. The van der Waals surface area contributed by atoms with Crippen LogP contribution in [-0.2, 0) is 9.59 Å². The lowest BCUT2D eigenvalue weighted by molar-refractivity contribution is -0.127. The summed E-state index contributed by atoms with van der Waals surface area (Å²) in [7, 11) is 0. The largest absolute Gasteiger partial charge is 0.490 e. The molecule has 0 radical (unpaired) electrons. The molecule has 1 atom stereocenters. The Morgan fingerprint density at radius 3 is 2.47 bits per heavy atom. The van der Waals surface area contributed by atoms with E-state index < -0.39 is 17.1 Å². The maximum atomic E-state index is 12.9. The number of nitrogens with one attached hydrogen (secondary N) is 1. The van der Waals surface area contributed by atoms with Gasteiger partial charge in [-0.1, -0.05) is 42.8 Å². The number of ether oxygens (including phenoxy) is 1. The Kier molecular flexibility index (Phi) is 7.40. The molecule has 2 aromatic carbocycles. The van der Waals surface area contributed by atoms with Gasteiger partial charge < -0.3 is 10.1 Å². The van der Waals surface area contributed by atoms with Crippen molar-refractivity contribution in [2.45, 2.75) is 47.1 Å². The van der Waals surface area contributed by atoms with Crippen LogP contribution >= 0.6 is 11.8 Å². The number of imide groups is 1. The first-order valence-electron chi connectivity index (χ1n) is 10.6. The fraction of sp³-hybridized carbons (Fsp3) is 0.320. The lowest BCUT2D eigenvalue weighted by Gasteiger charge is -2.16. The minimum absolute atomic E-state index is 0.0250. The summed E-state index contributed by atoms with van der Waals surface area (Å²) < 4.78 is 5.93. The third kappa shape index (κ3) is 5.40. The van der Waals surface area contributed by atoms with Crippen LogP contribution in [0.3, 0.4) is 0 Å². The van der Waals surface area contributed by atoms with Crippen molar-refractivity contribution in [1.29, 1.82) is 0 Å². The summed E-state index contributed by atoms with van der Waals surface area (Å²) in [5.74, 6) is -0.244. The fourth-order valence-corrected chi connectivity index (χ4v) is 4.31. The Labute approximate surface area is 193 Å². The molecule has 3 amide bonds. The predicted octanol–water partition coefficient (Wildman–Crippen LogP) is 5.46. The summed E-state index contributed by atoms with van der Waals surface area (Å²) >= 11 is 0.829. The molecule has 0 spiro atoms. The monoisotopic (exact) mass is 452 g/mol. The van der Waals surface area contributed by atoms with Crippen molar-refractivity contribution >= 4 is 40.6 Å². The van der Waals surface area contributed by atoms with Crippen LogP contribution in [0.5, 0.6) is 5.75 Å². The van der Waals surface area contributed by atoms with Crippen LogP contribution in [0.15, 0.2) is 41.3 Å². The first kappa shape index (κ1) is 23.6. The number of carbonyl (C=O) groups is 3. The molecule has 1 heterocycles. The number of benzene rings is 2. The summed E-state index contributed by atoms with van der Waals surface area (Å²) in [5, 5.41) is 2.38. The Morgan fingerprint density at radius 2 is 1.81 bits per heavy atom. The van der Waals surface area contributed by atoms with E-state index in [0.717, 1.165) is 39.8 Å². The van der Waals surface area contributed by atoms with E-state index in [1.165, 1.54) is 0 Å². The molecule has 7 heteroatoms. The number of hydrogen-bond acceptors (Lipinski definition) is 5. The van der Waals surface area contributed by atoms with E-state index in [1.54, 1.807) is 6.08 Å². The quantitative estimate of drug-likeness (QED) is 0.564. The van der Waals surface area contributed by atoms with E-state index in [-0.39, 0.29) is 17.6 Å². The number of aryl methyl sites for hydroxylation is 3. The van der Waals surface area contributed by atoms with Gasteiger partial charge in [0, 0.05) is 11.3 Å². The van der Waals surface area contributed by atoms with E-state index in [1.807, 2.05) is 71.0 Å². The number of amides is 3. The highest BCUT2D eigenvalue weighted by Crippen LogP contribution is 2.34. The SMILES string of the molecule is CC[C@H](C)Oc1ccccc1/C=C1/SC(=O)N(CC(=O)Nc2c(C)cc(C)cc2C)C1=O. The van der Waals surface area contributed by atoms with Crippen LogP contribution in [0, 0.1) is 20.8 Å². The molecule has 32 heavy (non-hydrogen) atoms. The third-order valence-electron chi connectivity index (χ3n) is 5.23. The molecule has 0 aliphatic carbocycles. The molecule has 1 N–H and O–H groups in total. The minimum atomic E-state index is -0.481. The number of anilines is 1. The number of nitrogens with zero attached hydrogens (tertiary/aromatic N) is 1. The predicted molar refractivity (Wildman–Crippen MR) is 129 cm³/mol. The molecular weight excluding hydrogens is 424 g/mol. The highest BCUT2D eigenvalue weighted by atomic mass is 32.2. The van der Waals surface area contributed by atoms with Crippen molar-refractivity contribution in [3.05, 3.63) is 63.6 Å². The van der Waals surface area contributed by atoms with Crippen LogP contribution < -0.4 is 10.1 Å². The molecule has 0 unspecified atom stereocenters. The topological polar surface area (TPSA) is 75.7 Å². The van der Waals surface area contributed by atoms with Gasteiger partial charge in [-0.2, -0.15) is 0 Å². The Hall–Kier alpha value is -3.06. The van der Waals surface area contributed by atoms with Crippen molar-refractivity contribution in [3.63, 3.8) is 0 Å². The number of para-hydroxylation sites is 1. The van der Waals surface area contributed by atoms with Gasteiger partial charge in [0.25, 0.3) is 11.1 Å². The molecule has 1 aliphatic rings. The van der Waals surface area contributed by atoms with Crippen LogP contribution in [0.1, 0.15) is 42.5 Å². The summed E-state index contributed by atoms with van der Waals surface area (Å²) in [6.45, 7) is 9.49. The maximum absolute atomic E-state index is 12.9. The third-order valence-corrected chi connectivity index (χ3v) is 6.13. The van der Waals surface area contributed by atoms with Crippen molar-refractivity contribution in [2.24, 2.45) is 0 Å². The average Bonchev–Trinajstić information content (AvgIpc) is 2.99. The van der Waals surface area contributed by atoms with Gasteiger partial charge in [-0.3, -0.25) is 19.3 Å². The second-order valence-corrected chi connectivity index (χ2v) is 8.96. The first-order valence-corrected chi connectivity index (χ1v) is 11.4. The van der Waals surface area contributed by atoms with Crippen LogP contribution in [0.2, 0.25) is 0 Å². The van der Waals surface area contributed by atoms with Crippen molar-refractivity contribution in [3.8, 4) is 5.75 Å². The molecule has 1 fully saturated rings. The summed E-state index contributed by atoms with van der Waals surface area (Å²) in [4.78, 5) is 39.2. The van der Waals surface area contributed by atoms with Gasteiger partial charge in [0.1, 0.15) is 12.3 Å². The first-order chi connectivity index (χ1) is 15.2. The van der Waals surface area contributed by atoms with Crippen molar-refractivity contribution in [1.82, 2.24) is 4.90 Å². The van der Waals surface area contributed by atoms with E-state index >= 15 is 0 Å². The molecule has 2 aromatic rings. The summed E-state index contributed by atoms with van der Waals surface area (Å²) in [6, 6.07) is 11.3. The zero-order valence-electron chi connectivity index (χ0n) is 19.0. The highest BCUT2D eigenvalue weighted by molar-refractivity contribution is 8.18. The lowest BCUT2D eigenvalue weighted by atomic mass is 10.1. The molecule has 3 rings (SSSR count). The van der Waals surface area contributed by atoms with E-state index in [2.05, 4.69) is 5.32 Å². The summed E-state index contributed by atoms with van der Waals surface area (Å²) in [6.07, 6.45) is 2.52. The Bertz CT molecular complexity index is 1070. The van der Waals surface area contributed by atoms with Crippen LogP contribution in [0.4, 0.5) is 10.5 Å². The van der Waals surface area contributed by atoms with E-state index in [0.29, 0.717) is 17.0 Å². The van der Waals surface area contributed by atoms with Gasteiger partial charge in [0.05, 0.1) is 11.0 Å². The second kappa shape index (κ2) is 10.0. The molecule has 1 saturated heterocycles. The van der Waals surface area contributed by atoms with Gasteiger partial charge in [-0.05, 0) is 69.1 Å². The van der Waals surface area contributed by atoms with E-state index in [9.17, 15) is 14.4 Å². The van der Waals surface area contributed by atoms with Crippen LogP contribution in [0.25, 0.3) is 6.08 Å². The van der Waals surface area contributed by atoms with Gasteiger partial charge in [-0.25, -0.2) is 0 Å². The smallest absolute Gasteiger partial charge is 0.294 e. The van der Waals surface area contributed by atoms with Gasteiger partial charge in [0.2, 0.25) is 5.91 Å². The standard InChI is InChI=1S/C25H28N2O4S/c1-6-18(5)31-20-10-8-7-9-19(20)13-21-24(29)27(25(30)32-21)14-22(28)26-23-16(3)11-15(2)12-17(23)4/h7-13,18H,6,14H2,1-5H3,(H,26,28)/b21-13+/t18-/m0/s1. The zero-order chi connectivity index (χ0) is 23.4. The number of rotatable bonds is 7. The normalized spacial score (nSPS) is 15.9. The van der Waals surface area contributed by atoms with Gasteiger partial charge >= 0.3 is 0 Å². The molecule has 6 nitrogen and oxygen atoms in total. The van der Waals surface area contributed by atoms with Gasteiger partial charge in [0.15, 0.2) is 0 Å². The number of thioether (sulfide) groups is 1. The maximum Gasteiger partial charge on any atom is 0.294 e. The zero-order valence-corrected chi connectivity index (χ0v) is 19.8. The molecular formula is C25H28N2O4S. The van der Waals surface area contributed by atoms with Crippen molar-refractivity contribution < 1.29 is 19.1 Å². The molecule has 0 bridgehead atoms. The Morgan fingerprint density at radius 1 is 1.16 bits per heavy atom. The fourth-order valence-electron chi connectivity index (χ4n) is 3.48. The van der Waals surface area contributed by atoms with Crippen molar-refractivity contribution in [2.75, 3.05) is 11.9 Å². The highest BCUT2D eigenvalue weighted by Gasteiger charge is 2.36. The molecule has 0 saturated carbocycles. The minimum Gasteiger partial charge on any atom is -0.490 e. The lowest BCUT2D eigenvalue weighted by Crippen LogP contribution is -2.36. The van der Waals surface area contributed by atoms with E-state index in [4.69, 9.17) is 4.74 Å². The Balaban J connectivity index is 1.75. The number of hydrogen-bond donors (Lipinski definition) is 1. The van der Waals surface area contributed by atoms with Gasteiger partial charge in [-0.15, -0.1) is 0 Å². The van der Waals surface area contributed by atoms with Crippen LogP contribution in [-0.4, -0.2) is 34.6 Å². The second-order valence-electron chi connectivity index (χ2n) is 7.96. The molecule has 0 aromatic heterocycles.